The molecule has 0 saturated heterocycles. The minimum Gasteiger partial charge on any atom is -0.493 e. The van der Waals surface area contributed by atoms with Crippen LogP contribution in [0.5, 0.6) is 11.5 Å². The normalized spacial score (nSPS) is 17.3. The fourth-order valence-corrected chi connectivity index (χ4v) is 4.81. The summed E-state index contributed by atoms with van der Waals surface area (Å²) in [5.74, 6) is 0.909. The smallest absolute Gasteiger partial charge is 0.431 e. The molecule has 0 radical (unpaired) electrons. The third-order valence-electron chi connectivity index (χ3n) is 6.82. The van der Waals surface area contributed by atoms with Crippen molar-refractivity contribution in [2.75, 3.05) is 12.4 Å². The second kappa shape index (κ2) is 12.3. The van der Waals surface area contributed by atoms with E-state index in [9.17, 15) is 9.59 Å². The van der Waals surface area contributed by atoms with E-state index >= 15 is 0 Å². The van der Waals surface area contributed by atoms with Crippen LogP contribution >= 0.6 is 11.6 Å². The van der Waals surface area contributed by atoms with E-state index in [0.717, 1.165) is 36.8 Å². The molecular formula is C29H30ClN5O5. The molecule has 1 aliphatic heterocycles. The Kier molecular flexibility index (Phi) is 8.45. The summed E-state index contributed by atoms with van der Waals surface area (Å²) in [5.41, 5.74) is 2.97. The van der Waals surface area contributed by atoms with Crippen molar-refractivity contribution in [3.05, 3.63) is 76.6 Å². The van der Waals surface area contributed by atoms with Crippen LogP contribution < -0.4 is 14.8 Å². The zero-order chi connectivity index (χ0) is 28.1. The first-order chi connectivity index (χ1) is 19.4. The molecular weight excluding hydrogens is 534 g/mol. The van der Waals surface area contributed by atoms with Crippen LogP contribution in [0, 0.1) is 0 Å². The number of hydrogen-bond acceptors (Lipinski definition) is 8. The number of nitrogens with one attached hydrogen (secondary N) is 1. The summed E-state index contributed by atoms with van der Waals surface area (Å²) < 4.78 is 17.6. The second-order valence-corrected chi connectivity index (χ2v) is 9.99. The summed E-state index contributed by atoms with van der Waals surface area (Å²) in [6.45, 7) is 2.14. The van der Waals surface area contributed by atoms with E-state index in [4.69, 9.17) is 30.9 Å². The van der Waals surface area contributed by atoms with Gasteiger partial charge in [0, 0.05) is 11.3 Å². The lowest BCUT2D eigenvalue weighted by molar-refractivity contribution is 0.0712. The van der Waals surface area contributed by atoms with Crippen molar-refractivity contribution in [2.45, 2.75) is 57.8 Å². The van der Waals surface area contributed by atoms with Crippen LogP contribution in [0.15, 0.2) is 59.7 Å². The summed E-state index contributed by atoms with van der Waals surface area (Å²) in [6, 6.07) is 15.8. The van der Waals surface area contributed by atoms with Crippen LogP contribution in [-0.2, 0) is 11.3 Å². The number of halogens is 1. The monoisotopic (exact) mass is 563 g/mol. The van der Waals surface area contributed by atoms with Crippen LogP contribution in [-0.4, -0.2) is 52.2 Å². The Hall–Kier alpha value is -4.18. The number of aromatic nitrogens is 2. The molecule has 11 heteroatoms. The van der Waals surface area contributed by atoms with Gasteiger partial charge < -0.3 is 19.5 Å². The van der Waals surface area contributed by atoms with E-state index in [2.05, 4.69) is 15.5 Å². The number of carbonyl (C=O) groups is 2. The van der Waals surface area contributed by atoms with Crippen LogP contribution in [0.25, 0.3) is 0 Å². The molecule has 3 aromatic rings. The molecule has 2 aliphatic rings. The molecule has 2 heterocycles. The Labute approximate surface area is 237 Å². The Morgan fingerprint density at radius 2 is 1.85 bits per heavy atom. The van der Waals surface area contributed by atoms with E-state index in [1.54, 1.807) is 31.4 Å². The molecule has 1 unspecified atom stereocenters. The predicted octanol–water partition coefficient (Wildman–Crippen LogP) is 5.85. The maximum Gasteiger partial charge on any atom is 0.431 e. The third-order valence-corrected chi connectivity index (χ3v) is 7.02. The number of benzene rings is 2. The molecule has 2 aromatic carbocycles. The quantitative estimate of drug-likeness (QED) is 0.347. The van der Waals surface area contributed by atoms with E-state index < -0.39 is 18.1 Å². The van der Waals surface area contributed by atoms with Crippen molar-refractivity contribution in [1.29, 1.82) is 0 Å². The lowest BCUT2D eigenvalue weighted by atomic mass is 10.0. The maximum atomic E-state index is 12.8. The van der Waals surface area contributed by atoms with Gasteiger partial charge in [0.05, 0.1) is 19.8 Å². The SMILES string of the molecule is CCC1OC(=O)N(Cc2ccc(NC(=O)c3ccc(Cl)nn3)cc2)N=C1c1ccc(OC)c(OC2CCCC2)c1. The van der Waals surface area contributed by atoms with E-state index in [1.165, 1.54) is 17.1 Å². The van der Waals surface area contributed by atoms with Crippen molar-refractivity contribution >= 4 is 35.0 Å². The molecule has 1 N–H and O–H groups in total. The number of ether oxygens (including phenoxy) is 3. The highest BCUT2D eigenvalue weighted by Crippen LogP contribution is 2.34. The van der Waals surface area contributed by atoms with Crippen LogP contribution in [0.1, 0.15) is 60.6 Å². The van der Waals surface area contributed by atoms with Gasteiger partial charge in [0.1, 0.15) is 11.8 Å². The summed E-state index contributed by atoms with van der Waals surface area (Å²) in [4.78, 5) is 25.2. The molecule has 1 aromatic heterocycles. The second-order valence-electron chi connectivity index (χ2n) is 9.61. The molecule has 1 aliphatic carbocycles. The fraction of sp³-hybridized carbons (Fsp3) is 0.345. The number of hydrazone groups is 1. The first-order valence-corrected chi connectivity index (χ1v) is 13.6. The fourth-order valence-electron chi connectivity index (χ4n) is 4.71. The Morgan fingerprint density at radius 1 is 1.07 bits per heavy atom. The van der Waals surface area contributed by atoms with Crippen LogP contribution in [0.2, 0.25) is 5.15 Å². The minimum absolute atomic E-state index is 0.146. The highest BCUT2D eigenvalue weighted by atomic mass is 35.5. The van der Waals surface area contributed by atoms with Gasteiger partial charge in [-0.05, 0) is 80.1 Å². The number of hydrogen-bond donors (Lipinski definition) is 1. The summed E-state index contributed by atoms with van der Waals surface area (Å²) in [6.07, 6.45) is 4.11. The van der Waals surface area contributed by atoms with Crippen LogP contribution in [0.4, 0.5) is 10.5 Å². The minimum atomic E-state index is -0.523. The average molecular weight is 564 g/mol. The summed E-state index contributed by atoms with van der Waals surface area (Å²) in [5, 5.41) is 16.4. The first kappa shape index (κ1) is 27.4. The average Bonchev–Trinajstić information content (AvgIpc) is 3.48. The highest BCUT2D eigenvalue weighted by molar-refractivity contribution is 6.29. The molecule has 0 bridgehead atoms. The topological polar surface area (TPSA) is 115 Å². The van der Waals surface area contributed by atoms with Crippen molar-refractivity contribution in [3.8, 4) is 11.5 Å². The largest absolute Gasteiger partial charge is 0.493 e. The molecule has 1 fully saturated rings. The van der Waals surface area contributed by atoms with E-state index in [0.29, 0.717) is 29.3 Å². The zero-order valence-corrected chi connectivity index (χ0v) is 23.1. The van der Waals surface area contributed by atoms with Gasteiger partial charge in [-0.2, -0.15) is 10.1 Å². The van der Waals surface area contributed by atoms with E-state index in [-0.39, 0.29) is 23.5 Å². The van der Waals surface area contributed by atoms with E-state index in [1.807, 2.05) is 25.1 Å². The molecule has 2 amide bonds. The van der Waals surface area contributed by atoms with Crippen molar-refractivity contribution in [3.63, 3.8) is 0 Å². The van der Waals surface area contributed by atoms with Gasteiger partial charge in [0.15, 0.2) is 22.3 Å². The van der Waals surface area contributed by atoms with Gasteiger partial charge in [0.25, 0.3) is 5.91 Å². The summed E-state index contributed by atoms with van der Waals surface area (Å²) >= 11 is 5.73. The third kappa shape index (κ3) is 6.34. The standard InChI is InChI=1S/C29H30ClN5O5/c1-3-23-27(19-10-14-24(38-2)25(16-19)39-21-6-4-5-7-21)34-35(29(37)40-23)17-18-8-11-20(12-9-18)31-28(36)22-13-15-26(30)33-32-22/h8-16,21,23H,3-7,17H2,1-2H3,(H,31,36). The number of cyclic esters (lactones) is 1. The molecule has 10 nitrogen and oxygen atoms in total. The number of amides is 2. The lowest BCUT2D eigenvalue weighted by Gasteiger charge is -2.29. The Bertz CT molecular complexity index is 1390. The lowest BCUT2D eigenvalue weighted by Crippen LogP contribution is -2.41. The number of nitrogens with zero attached hydrogens (tertiary/aromatic N) is 4. The highest BCUT2D eigenvalue weighted by Gasteiger charge is 2.31. The van der Waals surface area contributed by atoms with Crippen LogP contribution in [0.3, 0.4) is 0 Å². The Balaban J connectivity index is 1.32. The summed E-state index contributed by atoms with van der Waals surface area (Å²) in [7, 11) is 1.62. The van der Waals surface area contributed by atoms with Crippen molar-refractivity contribution in [1.82, 2.24) is 15.2 Å². The van der Waals surface area contributed by atoms with Gasteiger partial charge >= 0.3 is 6.09 Å². The maximum absolute atomic E-state index is 12.8. The molecule has 1 saturated carbocycles. The Morgan fingerprint density at radius 3 is 2.52 bits per heavy atom. The zero-order valence-electron chi connectivity index (χ0n) is 22.3. The van der Waals surface area contributed by atoms with Gasteiger partial charge in [-0.1, -0.05) is 30.7 Å². The van der Waals surface area contributed by atoms with Gasteiger partial charge in [-0.3, -0.25) is 4.79 Å². The molecule has 40 heavy (non-hydrogen) atoms. The van der Waals surface area contributed by atoms with Gasteiger partial charge in [0.2, 0.25) is 0 Å². The molecule has 5 rings (SSSR count). The van der Waals surface area contributed by atoms with Crippen molar-refractivity contribution < 1.29 is 23.8 Å². The predicted molar refractivity (Wildman–Crippen MR) is 150 cm³/mol. The van der Waals surface area contributed by atoms with Crippen molar-refractivity contribution in [2.24, 2.45) is 5.10 Å². The van der Waals surface area contributed by atoms with Gasteiger partial charge in [-0.25, -0.2) is 4.79 Å². The first-order valence-electron chi connectivity index (χ1n) is 13.2. The number of anilines is 1. The molecule has 0 spiro atoms. The van der Waals surface area contributed by atoms with Gasteiger partial charge in [-0.15, -0.1) is 10.2 Å². The molecule has 1 atom stereocenters. The number of carbonyl (C=O) groups excluding carboxylic acids is 2. The number of rotatable bonds is 9. The number of methoxy groups -OCH3 is 1. The molecule has 208 valence electrons.